The minimum absolute atomic E-state index is 0.792. The highest BCUT2D eigenvalue weighted by atomic mass is 15.1. The first-order valence-corrected chi connectivity index (χ1v) is 5.34. The minimum Gasteiger partial charge on any atom is -0.398 e. The molecule has 2 aromatic rings. The van der Waals surface area contributed by atoms with Gasteiger partial charge < -0.3 is 10.6 Å². The maximum Gasteiger partial charge on any atom is 0.130 e. The molecule has 84 valence electrons. The van der Waals surface area contributed by atoms with E-state index >= 15 is 0 Å². The van der Waals surface area contributed by atoms with Crippen molar-refractivity contribution in [1.82, 2.24) is 4.98 Å². The van der Waals surface area contributed by atoms with Crippen LogP contribution in [0, 0.1) is 13.8 Å². The summed E-state index contributed by atoms with van der Waals surface area (Å²) in [6.07, 6.45) is 0. The lowest BCUT2D eigenvalue weighted by atomic mass is 10.1. The van der Waals surface area contributed by atoms with Crippen molar-refractivity contribution in [3.63, 3.8) is 0 Å². The van der Waals surface area contributed by atoms with Crippen molar-refractivity contribution in [2.75, 3.05) is 24.7 Å². The maximum atomic E-state index is 6.07. The van der Waals surface area contributed by atoms with E-state index in [2.05, 4.69) is 31.0 Å². The van der Waals surface area contributed by atoms with E-state index < -0.39 is 0 Å². The lowest BCUT2D eigenvalue weighted by molar-refractivity contribution is 1.08. The van der Waals surface area contributed by atoms with Crippen molar-refractivity contribution in [3.05, 3.63) is 29.3 Å². The van der Waals surface area contributed by atoms with Crippen LogP contribution in [0.1, 0.15) is 11.1 Å². The number of hydrogen-bond acceptors (Lipinski definition) is 3. The van der Waals surface area contributed by atoms with Gasteiger partial charge >= 0.3 is 0 Å². The summed E-state index contributed by atoms with van der Waals surface area (Å²) in [5, 5.41) is 1.04. The SMILES string of the molecule is Cc1cc(C)c2nc(N(C)C)cc(N)c2c1. The van der Waals surface area contributed by atoms with Gasteiger partial charge in [0.1, 0.15) is 5.82 Å². The summed E-state index contributed by atoms with van der Waals surface area (Å²) in [7, 11) is 3.94. The van der Waals surface area contributed by atoms with Gasteiger partial charge in [0.05, 0.1) is 5.52 Å². The predicted octanol–water partition coefficient (Wildman–Crippen LogP) is 2.50. The summed E-state index contributed by atoms with van der Waals surface area (Å²) in [5.74, 6) is 0.900. The lowest BCUT2D eigenvalue weighted by Crippen LogP contribution is -2.11. The second kappa shape index (κ2) is 3.67. The number of nitrogen functional groups attached to an aromatic ring is 1. The van der Waals surface area contributed by atoms with Gasteiger partial charge in [-0.05, 0) is 25.5 Å². The summed E-state index contributed by atoms with van der Waals surface area (Å²) in [6, 6.07) is 6.14. The molecule has 0 saturated heterocycles. The van der Waals surface area contributed by atoms with Crippen LogP contribution in [0.3, 0.4) is 0 Å². The molecule has 2 rings (SSSR count). The molecule has 16 heavy (non-hydrogen) atoms. The number of fused-ring (bicyclic) bond motifs is 1. The van der Waals surface area contributed by atoms with Gasteiger partial charge in [0.2, 0.25) is 0 Å². The fraction of sp³-hybridized carbons (Fsp3) is 0.308. The summed E-state index contributed by atoms with van der Waals surface area (Å²) in [6.45, 7) is 4.15. The summed E-state index contributed by atoms with van der Waals surface area (Å²) < 4.78 is 0. The normalized spacial score (nSPS) is 10.8. The smallest absolute Gasteiger partial charge is 0.130 e. The summed E-state index contributed by atoms with van der Waals surface area (Å²) in [4.78, 5) is 6.59. The molecule has 0 aliphatic heterocycles. The van der Waals surface area contributed by atoms with E-state index in [1.54, 1.807) is 0 Å². The largest absolute Gasteiger partial charge is 0.398 e. The number of aryl methyl sites for hydroxylation is 2. The first-order chi connectivity index (χ1) is 7.49. The number of aromatic nitrogens is 1. The molecule has 0 spiro atoms. The topological polar surface area (TPSA) is 42.2 Å². The Morgan fingerprint density at radius 1 is 1.12 bits per heavy atom. The first-order valence-electron chi connectivity index (χ1n) is 5.34. The Hall–Kier alpha value is -1.77. The van der Waals surface area contributed by atoms with Gasteiger partial charge in [-0.3, -0.25) is 0 Å². The second-order valence-corrected chi connectivity index (χ2v) is 4.44. The molecule has 0 unspecified atom stereocenters. The molecule has 0 aliphatic rings. The molecule has 0 radical (unpaired) electrons. The minimum atomic E-state index is 0.792. The van der Waals surface area contributed by atoms with Crippen molar-refractivity contribution in [1.29, 1.82) is 0 Å². The Morgan fingerprint density at radius 3 is 2.44 bits per heavy atom. The molecular weight excluding hydrogens is 198 g/mol. The van der Waals surface area contributed by atoms with E-state index in [9.17, 15) is 0 Å². The van der Waals surface area contributed by atoms with Gasteiger partial charge in [0.25, 0.3) is 0 Å². The zero-order chi connectivity index (χ0) is 11.9. The van der Waals surface area contributed by atoms with E-state index in [-0.39, 0.29) is 0 Å². The van der Waals surface area contributed by atoms with Gasteiger partial charge in [-0.25, -0.2) is 4.98 Å². The zero-order valence-corrected chi connectivity index (χ0v) is 10.2. The zero-order valence-electron chi connectivity index (χ0n) is 10.2. The number of nitrogens with two attached hydrogens (primary N) is 1. The maximum absolute atomic E-state index is 6.07. The third-order valence-electron chi connectivity index (χ3n) is 2.72. The number of rotatable bonds is 1. The van der Waals surface area contributed by atoms with Crippen LogP contribution in [-0.2, 0) is 0 Å². The van der Waals surface area contributed by atoms with Gasteiger partial charge in [-0.15, -0.1) is 0 Å². The second-order valence-electron chi connectivity index (χ2n) is 4.44. The van der Waals surface area contributed by atoms with Crippen molar-refractivity contribution >= 4 is 22.4 Å². The molecule has 3 nitrogen and oxygen atoms in total. The Balaban J connectivity index is 2.82. The van der Waals surface area contributed by atoms with Crippen LogP contribution in [-0.4, -0.2) is 19.1 Å². The molecule has 0 fully saturated rings. The van der Waals surface area contributed by atoms with Gasteiger partial charge in [0.15, 0.2) is 0 Å². The molecule has 0 atom stereocenters. The van der Waals surface area contributed by atoms with Gasteiger partial charge in [-0.2, -0.15) is 0 Å². The summed E-state index contributed by atoms with van der Waals surface area (Å²) >= 11 is 0. The van der Waals surface area contributed by atoms with Gasteiger partial charge in [0, 0.05) is 31.2 Å². The van der Waals surface area contributed by atoms with E-state index in [1.807, 2.05) is 25.1 Å². The van der Waals surface area contributed by atoms with Crippen LogP contribution in [0.5, 0.6) is 0 Å². The number of pyridine rings is 1. The number of anilines is 2. The van der Waals surface area contributed by atoms with Crippen molar-refractivity contribution < 1.29 is 0 Å². The number of nitrogens with zero attached hydrogens (tertiary/aromatic N) is 2. The fourth-order valence-electron chi connectivity index (χ4n) is 1.92. The Morgan fingerprint density at radius 2 is 1.81 bits per heavy atom. The standard InChI is InChI=1S/C13H17N3/c1-8-5-9(2)13-10(6-8)11(14)7-12(15-13)16(3)4/h5-7H,1-4H3,(H2,14,15). The van der Waals surface area contributed by atoms with E-state index in [0.717, 1.165) is 22.4 Å². The Kier molecular flexibility index (Phi) is 2.46. The summed E-state index contributed by atoms with van der Waals surface area (Å²) in [5.41, 5.74) is 10.2. The fourth-order valence-corrected chi connectivity index (χ4v) is 1.92. The van der Waals surface area contributed by atoms with Crippen LogP contribution in [0.25, 0.3) is 10.9 Å². The molecule has 0 amide bonds. The highest BCUT2D eigenvalue weighted by molar-refractivity contribution is 5.94. The van der Waals surface area contributed by atoms with Gasteiger partial charge in [-0.1, -0.05) is 11.6 Å². The quantitative estimate of drug-likeness (QED) is 0.794. The molecule has 2 N–H and O–H groups in total. The average molecular weight is 215 g/mol. The van der Waals surface area contributed by atoms with E-state index in [4.69, 9.17) is 5.73 Å². The van der Waals surface area contributed by atoms with Crippen molar-refractivity contribution in [2.45, 2.75) is 13.8 Å². The molecule has 0 aliphatic carbocycles. The van der Waals surface area contributed by atoms with Crippen molar-refractivity contribution in [3.8, 4) is 0 Å². The lowest BCUT2D eigenvalue weighted by Gasteiger charge is -2.14. The highest BCUT2D eigenvalue weighted by Gasteiger charge is 2.07. The third-order valence-corrected chi connectivity index (χ3v) is 2.72. The molecule has 1 aromatic carbocycles. The van der Waals surface area contributed by atoms with E-state index in [1.165, 1.54) is 11.1 Å². The van der Waals surface area contributed by atoms with Crippen molar-refractivity contribution in [2.24, 2.45) is 0 Å². The monoisotopic (exact) mass is 215 g/mol. The van der Waals surface area contributed by atoms with Crippen LogP contribution >= 0.6 is 0 Å². The van der Waals surface area contributed by atoms with Crippen LogP contribution in [0.4, 0.5) is 11.5 Å². The average Bonchev–Trinajstić information content (AvgIpc) is 2.19. The molecule has 1 heterocycles. The highest BCUT2D eigenvalue weighted by Crippen LogP contribution is 2.27. The molecule has 0 saturated carbocycles. The Bertz CT molecular complexity index is 544. The molecule has 0 bridgehead atoms. The molecule has 1 aromatic heterocycles. The number of benzene rings is 1. The third kappa shape index (κ3) is 1.69. The predicted molar refractivity (Wildman–Crippen MR) is 70.0 cm³/mol. The van der Waals surface area contributed by atoms with Crippen LogP contribution in [0.2, 0.25) is 0 Å². The molecular formula is C13H17N3. The van der Waals surface area contributed by atoms with Crippen LogP contribution < -0.4 is 10.6 Å². The number of hydrogen-bond donors (Lipinski definition) is 1. The van der Waals surface area contributed by atoms with E-state index in [0.29, 0.717) is 0 Å². The Labute approximate surface area is 95.9 Å². The first kappa shape index (κ1) is 10.7. The molecule has 3 heteroatoms. The van der Waals surface area contributed by atoms with Crippen LogP contribution in [0.15, 0.2) is 18.2 Å².